The van der Waals surface area contributed by atoms with E-state index in [-0.39, 0.29) is 120 Å². The first-order valence-electron chi connectivity index (χ1n) is 35.9. The normalized spacial score (nSPS) is 31.1. The third-order valence-electron chi connectivity index (χ3n) is 21.6. The molecule has 10 saturated heterocycles. The number of halogens is 2. The summed E-state index contributed by atoms with van der Waals surface area (Å²) in [4.78, 5) is 98.8. The number of aldehydes is 1. The Morgan fingerprint density at radius 1 is 0.550 bits per heavy atom. The predicted octanol–water partition coefficient (Wildman–Crippen LogP) is 5.20. The zero-order chi connectivity index (χ0) is 76.8. The predicted molar refractivity (Wildman–Crippen MR) is 398 cm³/mol. The van der Waals surface area contributed by atoms with E-state index in [1.807, 2.05) is 12.2 Å². The van der Waals surface area contributed by atoms with Crippen LogP contribution in [0, 0.1) is 53.9 Å². The average Bonchev–Trinajstić information content (AvgIpc) is 1.74. The number of rotatable bonds is 6. The Labute approximate surface area is 686 Å². The van der Waals surface area contributed by atoms with Gasteiger partial charge in [0.05, 0.1) is 101 Å². The van der Waals surface area contributed by atoms with Crippen molar-refractivity contribution in [3.8, 4) is 0 Å². The van der Waals surface area contributed by atoms with Crippen molar-refractivity contribution in [2.45, 2.75) is 131 Å². The molecule has 0 aromatic heterocycles. The first kappa shape index (κ1) is 94.7. The number of likely N-dealkylation sites (tertiary alicyclic amines) is 3. The number of nitrogens with zero attached hydrogens (tertiary/aromatic N) is 5. The van der Waals surface area contributed by atoms with Crippen molar-refractivity contribution in [1.82, 2.24) is 24.5 Å². The molecule has 19 rings (SSSR count). The fourth-order valence-corrected chi connectivity index (χ4v) is 16.5. The number of amides is 5. The molecular formula is C76H108BrCuIMgN5O24. The molecule has 33 heteroatoms. The summed E-state index contributed by atoms with van der Waals surface area (Å²) in [5, 5.41) is 9.56. The second-order valence-electron chi connectivity index (χ2n) is 27.5. The van der Waals surface area contributed by atoms with Gasteiger partial charge < -0.3 is 105 Å². The molecule has 12 aliphatic heterocycles. The number of piperidine rings is 4. The van der Waals surface area contributed by atoms with E-state index in [4.69, 9.17) is 71.1 Å². The molecule has 12 fully saturated rings. The molecule has 29 nitrogen and oxygen atoms in total. The maximum atomic E-state index is 11.8. The van der Waals surface area contributed by atoms with Crippen molar-refractivity contribution in [3.05, 3.63) is 112 Å². The molecule has 7 aliphatic carbocycles. The molecule has 12 heterocycles. The van der Waals surface area contributed by atoms with Gasteiger partial charge >= 0.3 is 86.6 Å². The first-order valence-corrected chi connectivity index (χ1v) is 38.9. The average molecular weight is 1770 g/mol. The summed E-state index contributed by atoms with van der Waals surface area (Å²) in [5.74, 6) is -0.514. The maximum Gasteiger partial charge on any atom is 2.00 e. The number of fused-ring (bicyclic) bond motifs is 5. The van der Waals surface area contributed by atoms with E-state index in [0.29, 0.717) is 147 Å². The van der Waals surface area contributed by atoms with Crippen molar-refractivity contribution in [2.24, 2.45) is 47.3 Å². The number of aliphatic hydroxyl groups excluding tert-OH is 1. The number of hydrogen-bond donors (Lipinski definition) is 1. The van der Waals surface area contributed by atoms with E-state index < -0.39 is 53.5 Å². The standard InChI is InChI=1S/C13H19NO4.C12H19NO5.C12H17NO5.C11H15NO4.C10H14O2.C8H10O.C7H7NO3.C2H3.CH4.BrH.Cu.HI.Mg/c1-4-10-8-13(17-6-7-18-13)11(5-2)14(9-10)12(15)16-3;2*1-3-9-6-12(17-4-5-18-12)10(8-14)13(7-9)11(15)16-2;1-14-10(13)12-7-8-2-3-9(12)11(6-8)15-4-5-16-11;1-3-9-4-2-8(1)7-10(9)11-5-6-12-10;9-8-5-6-1-3-7(8)4-2-6;9-6-2-1-3-8-5(6)4-11-7(8)10;1-2;;;;;/h4-5,10-11H,1-2,6-9H2,3H3;3,9-10,14H,1,4-8H2,2H3;3,8-10H,1,4-7H2,2H3;2-3,8-9H,4-7H2,1H3;1,3,8-9H,2,4-7H2;1,3,6-7H,2,4-5H2;1-2,5H,3-4H2;1H,2H2;1H4;1H;;1H;/q;;;;;;;-1;;;+1;;+2/p-2/t10-,11+;2*9-,10+;2*8-,9?;6-,7?;5-;;;;;;/m0000111....../s1. The van der Waals surface area contributed by atoms with Gasteiger partial charge in [0.25, 0.3) is 0 Å². The van der Waals surface area contributed by atoms with Crippen LogP contribution in [0.25, 0.3) is 0 Å². The van der Waals surface area contributed by atoms with Crippen LogP contribution in [0.15, 0.2) is 106 Å². The van der Waals surface area contributed by atoms with Gasteiger partial charge in [-0.05, 0) is 67.3 Å². The molecule has 6 bridgehead atoms. The van der Waals surface area contributed by atoms with E-state index in [1.165, 1.54) is 68.5 Å². The van der Waals surface area contributed by atoms with Gasteiger partial charge in [-0.25, -0.2) is 24.0 Å². The van der Waals surface area contributed by atoms with Crippen LogP contribution in [0.4, 0.5) is 24.0 Å². The molecule has 0 aromatic carbocycles. The van der Waals surface area contributed by atoms with Gasteiger partial charge in [-0.3, -0.25) is 40.7 Å². The van der Waals surface area contributed by atoms with Crippen LogP contribution in [0.3, 0.4) is 0 Å². The zero-order valence-corrected chi connectivity index (χ0v) is 68.2. The SMILES string of the molecule is C.C1=C[C@@H]2CCC1C1(C2)OCCO1.C=C[C@@H]1CN(C(=O)OC)[C@H](C=C)C2(C1)OCCO2.C=C[C@@H]1CN(C(=O)OC)[C@H](C=O)C2(C1)OCCO2.C=C[C@@H]1CN(C(=O)OC)[C@H](CO)C2(C1)OCCO2.COC(=O)N1C[C@H]2C=CC1C1(C2)OCCO1.O=C1C=CCN2C(=O)OC[C@H]12.O=C1C[C@@H]2C=CC1CC2.[Br-].[CH-]=C.[Cu][I].[Mg+2]. The first-order chi connectivity index (χ1) is 51.3. The number of cyclic esters (lactones) is 1. The quantitative estimate of drug-likeness (QED) is 0.0892. The van der Waals surface area contributed by atoms with Crippen LogP contribution in [-0.2, 0) is 98.2 Å². The minimum atomic E-state index is -1.05. The summed E-state index contributed by atoms with van der Waals surface area (Å²) in [7, 11) is 5.36. The van der Waals surface area contributed by atoms with Crippen LogP contribution in [0.5, 0.6) is 0 Å². The third kappa shape index (κ3) is 21.9. The second kappa shape index (κ2) is 44.7. The number of ether oxygens (including phenoxy) is 15. The Bertz CT molecular complexity index is 3110. The number of carbonyl (C=O) groups is 8. The molecule has 1 N–H and O–H groups in total. The van der Waals surface area contributed by atoms with Gasteiger partial charge in [-0.2, -0.15) is 0 Å². The van der Waals surface area contributed by atoms with Gasteiger partial charge in [0.2, 0.25) is 0 Å². The number of hydrogen-bond acceptors (Lipinski definition) is 24. The molecule has 2 saturated carbocycles. The molecular weight excluding hydrogens is 1660 g/mol. The number of ketones is 2. The van der Waals surface area contributed by atoms with Crippen LogP contribution in [0.1, 0.15) is 71.6 Å². The van der Waals surface area contributed by atoms with Gasteiger partial charge in [0.15, 0.2) is 34.7 Å². The zero-order valence-electron chi connectivity index (χ0n) is 62.1. The fraction of sp³-hybridized carbons (Fsp3) is 0.658. The van der Waals surface area contributed by atoms with Crippen molar-refractivity contribution >= 4 is 91.7 Å². The smallest absolute Gasteiger partial charge is 2.00 e. The Kier molecular flexibility index (Phi) is 38.8. The summed E-state index contributed by atoms with van der Waals surface area (Å²) in [6.07, 6.45) is 31.3. The Morgan fingerprint density at radius 3 is 1.38 bits per heavy atom. The molecule has 13 atom stereocenters. The van der Waals surface area contributed by atoms with Crippen LogP contribution < -0.4 is 17.0 Å². The molecule has 0 radical (unpaired) electrons. The summed E-state index contributed by atoms with van der Waals surface area (Å²) >= 11 is 5.87. The number of allylic oxidation sites excluding steroid dienone is 3. The Hall–Kier alpha value is -4.92. The summed E-state index contributed by atoms with van der Waals surface area (Å²) in [5.41, 5.74) is 0. The van der Waals surface area contributed by atoms with Crippen LogP contribution >= 0.6 is 20.3 Å². The van der Waals surface area contributed by atoms with Crippen molar-refractivity contribution in [1.29, 1.82) is 0 Å². The monoisotopic (exact) mass is 1770 g/mol. The van der Waals surface area contributed by atoms with E-state index in [9.17, 15) is 43.5 Å². The number of Topliss-reactive ketones (excluding diaryl/α,β-unsaturated/α-hetero) is 1. The molecule has 5 spiro atoms. The molecule has 19 aliphatic rings. The summed E-state index contributed by atoms with van der Waals surface area (Å²) in [6.45, 7) is 30.2. The fourth-order valence-electron chi connectivity index (χ4n) is 16.5. The minimum Gasteiger partial charge on any atom is 2.00 e. The van der Waals surface area contributed by atoms with Crippen LogP contribution in [-0.4, -0.2) is 301 Å². The topological polar surface area (TPSA) is 311 Å². The van der Waals surface area contributed by atoms with E-state index in [0.717, 1.165) is 38.9 Å². The second-order valence-corrected chi connectivity index (χ2v) is 27.5. The molecule has 5 amide bonds. The van der Waals surface area contributed by atoms with Gasteiger partial charge in [-0.1, -0.05) is 74.3 Å². The van der Waals surface area contributed by atoms with Crippen molar-refractivity contribution < 1.29 is 144 Å². The number of carbonyl (C=O) groups excluding carboxylic acids is 8. The van der Waals surface area contributed by atoms with E-state index in [1.54, 1.807) is 54.4 Å². The van der Waals surface area contributed by atoms with Gasteiger partial charge in [-0.15, -0.1) is 26.3 Å². The number of methoxy groups -OCH3 is 4. The van der Waals surface area contributed by atoms with Crippen molar-refractivity contribution in [3.63, 3.8) is 0 Å². The molecule has 608 valence electrons. The number of aliphatic hydroxyl groups is 1. The molecule has 3 unspecified atom stereocenters. The Balaban J connectivity index is 0.000000227. The third-order valence-corrected chi connectivity index (χ3v) is 21.6. The van der Waals surface area contributed by atoms with E-state index in [2.05, 4.69) is 82.6 Å². The minimum absolute atomic E-state index is 0. The van der Waals surface area contributed by atoms with Gasteiger partial charge in [0, 0.05) is 83.1 Å². The van der Waals surface area contributed by atoms with Crippen molar-refractivity contribution in [2.75, 3.05) is 140 Å². The van der Waals surface area contributed by atoms with Gasteiger partial charge in [0.1, 0.15) is 48.9 Å². The summed E-state index contributed by atoms with van der Waals surface area (Å²) < 4.78 is 80.7. The summed E-state index contributed by atoms with van der Waals surface area (Å²) in [6, 6.07) is -2.14. The van der Waals surface area contributed by atoms with Crippen LogP contribution in [0.2, 0.25) is 0 Å². The largest absolute Gasteiger partial charge is 2.00 e. The maximum absolute atomic E-state index is 11.8. The Morgan fingerprint density at radius 2 is 0.982 bits per heavy atom. The molecule has 109 heavy (non-hydrogen) atoms. The van der Waals surface area contributed by atoms with E-state index >= 15 is 0 Å². The molecule has 0 aromatic rings.